The molecule has 4 fully saturated rings. The summed E-state index contributed by atoms with van der Waals surface area (Å²) in [7, 11) is 0. The van der Waals surface area contributed by atoms with Crippen LogP contribution >= 0.6 is 0 Å². The van der Waals surface area contributed by atoms with E-state index in [2.05, 4.69) is 4.74 Å². The summed E-state index contributed by atoms with van der Waals surface area (Å²) in [5.74, 6) is -20.9. The summed E-state index contributed by atoms with van der Waals surface area (Å²) in [4.78, 5) is 87.0. The van der Waals surface area contributed by atoms with Crippen molar-refractivity contribution in [1.82, 2.24) is 0 Å². The quantitative estimate of drug-likeness (QED) is 0.00614. The molecular formula is C64H67O42+. The number of aliphatic carboxylic acids is 3. The Kier molecular flexibility index (Phi) is 25.2. The van der Waals surface area contributed by atoms with Crippen molar-refractivity contribution in [2.24, 2.45) is 0 Å². The van der Waals surface area contributed by atoms with Gasteiger partial charge in [0.1, 0.15) is 116 Å². The van der Waals surface area contributed by atoms with E-state index in [1.807, 2.05) is 0 Å². The lowest BCUT2D eigenvalue weighted by Gasteiger charge is -2.46. The maximum Gasteiger partial charge on any atom is 0.402 e. The van der Waals surface area contributed by atoms with Gasteiger partial charge < -0.3 is 169 Å². The monoisotopic (exact) mass is 1510 g/mol. The summed E-state index contributed by atoms with van der Waals surface area (Å²) >= 11 is 0. The van der Waals surface area contributed by atoms with Crippen LogP contribution in [-0.2, 0) is 76.2 Å². The Balaban J connectivity index is 1.11. The van der Waals surface area contributed by atoms with Gasteiger partial charge >= 0.3 is 53.1 Å². The number of carboxylic acids is 3. The Hall–Kier alpha value is -10.6. The second-order valence-corrected chi connectivity index (χ2v) is 23.7. The number of carbonyl (C=O) groups excluding carboxylic acids is 4. The van der Waals surface area contributed by atoms with Crippen LogP contribution in [0.15, 0.2) is 83.3 Å². The summed E-state index contributed by atoms with van der Waals surface area (Å²) in [5.41, 5.74) is -0.889. The number of carbonyl (C=O) groups is 7. The second-order valence-electron chi connectivity index (χ2n) is 23.7. The van der Waals surface area contributed by atoms with Crippen LogP contribution in [0.25, 0.3) is 34.4 Å². The van der Waals surface area contributed by atoms with Gasteiger partial charge in [0.2, 0.25) is 36.5 Å². The molecule has 0 saturated carbocycles. The molecule has 0 bridgehead atoms. The molecule has 9 rings (SSSR count). The van der Waals surface area contributed by atoms with E-state index in [0.29, 0.717) is 12.1 Å². The van der Waals surface area contributed by atoms with Crippen LogP contribution in [0, 0.1) is 0 Å². The van der Waals surface area contributed by atoms with E-state index in [-0.39, 0.29) is 11.1 Å². The Morgan fingerprint density at radius 3 is 1.63 bits per heavy atom. The van der Waals surface area contributed by atoms with Crippen molar-refractivity contribution < 1.29 is 207 Å². The number of carboxylic acid groups (broad SMARTS) is 3. The van der Waals surface area contributed by atoms with Crippen molar-refractivity contribution in [2.75, 3.05) is 19.8 Å². The zero-order valence-corrected chi connectivity index (χ0v) is 53.7. The third kappa shape index (κ3) is 18.2. The summed E-state index contributed by atoms with van der Waals surface area (Å²) in [6, 6.07) is 10.8. The fourth-order valence-electron chi connectivity index (χ4n) is 10.7. The number of ether oxygens (including phenoxy) is 12. The lowest BCUT2D eigenvalue weighted by Crippen LogP contribution is -2.65. The highest BCUT2D eigenvalue weighted by molar-refractivity contribution is 5.94. The minimum atomic E-state index is -2.85. The highest BCUT2D eigenvalue weighted by Gasteiger charge is 2.55. The minimum absolute atomic E-state index is 0.0750. The standard InChI is InChI=1S/C64H66O42/c65-17-34-42(77)47(82)56(103-38(73)8-4-21-2-6-26(67)29(70)10-21)64(100-34)106-57-48(83)44(79)36(19-95-39(74)16-40(75)104-55(60(92)93)52(87)58(88)89)102-63(57)99-33-15-24-27(68)13-23(96-61-50(85)45(80)43(78)35(101-61)18-94-37(72)7-3-20-1-5-25(66)28(69)9-20)14-31(24)97-53(33)22-11-30(71)41(76)32(12-22)98-62-51(86)46(81)49(84)54(105-62)59(90)91/h1-15,34-36,42-52,54-57,61-65,77-87H,16-19H2,(H9-,66,67,68,69,70,71,72,73,76,88,89,90,91,92,93)/p+1/t34-,35-,36-,42-,43-,44+,45-,46-,47-,48-,49-,50-,51-,52?,54+,55?,56-,57-,61-,62-,63-,64+/m1/s1. The fourth-order valence-corrected chi connectivity index (χ4v) is 10.7. The molecule has 42 heteroatoms. The molecular weight excluding hydrogens is 1440 g/mol. The second kappa shape index (κ2) is 33.7. The van der Waals surface area contributed by atoms with Crippen LogP contribution in [-0.4, -0.2) is 309 Å². The zero-order chi connectivity index (χ0) is 77.6. The molecule has 574 valence electrons. The molecule has 0 spiro atoms. The van der Waals surface area contributed by atoms with Gasteiger partial charge in [-0.15, -0.1) is 0 Å². The third-order valence-electron chi connectivity index (χ3n) is 16.3. The Bertz CT molecular complexity index is 4120. The van der Waals surface area contributed by atoms with Crippen molar-refractivity contribution in [3.05, 3.63) is 90.0 Å². The number of hydrogen-bond acceptors (Lipinski definition) is 38. The number of phenolic OH excluding ortho intramolecular Hbond substituents is 7. The van der Waals surface area contributed by atoms with Gasteiger partial charge in [-0.1, -0.05) is 12.1 Å². The van der Waals surface area contributed by atoms with Gasteiger partial charge in [0, 0.05) is 36.4 Å². The van der Waals surface area contributed by atoms with Crippen LogP contribution in [0.5, 0.6) is 57.5 Å². The SMILES string of the molecule is O=C(/C=C/c1ccc(O)c(O)c1)OC[C@H]1O[C@@H](Oc2cc(O)c3cc(O[C@@H]4O[C@H](COC(=O)CC(=O)OC(C(=O)O)C(O)C(=O)O)[C@H](O)[C@@H](O)[C@H]4O[C@@H]4O[C@H](CO)[C@@H](O)[C@@H](O)[C@H]4OC(=O)/C=C/c4ccc(O)c(O)c4)c(-c4cc(O)c(O)c(O[C@@H]5O[C@H](C(=O)O)[C@H](O)[C@@H](O)[C@H]5O)c4)[o+]c3c2)[C@H](O)[C@H](O)[C@@H]1O. The van der Waals surface area contributed by atoms with Gasteiger partial charge in [-0.2, -0.15) is 0 Å². The molecule has 5 heterocycles. The normalized spacial score (nSPS) is 29.5. The number of rotatable bonds is 26. The average molecular weight is 1510 g/mol. The molecule has 22 N–H and O–H groups in total. The van der Waals surface area contributed by atoms with E-state index in [1.165, 1.54) is 18.2 Å². The Labute approximate surface area is 590 Å². The van der Waals surface area contributed by atoms with Crippen molar-refractivity contribution in [3.63, 3.8) is 0 Å². The van der Waals surface area contributed by atoms with Crippen molar-refractivity contribution in [2.45, 2.75) is 141 Å². The van der Waals surface area contributed by atoms with Crippen molar-refractivity contribution in [1.29, 1.82) is 0 Å². The maximum atomic E-state index is 13.5. The smallest absolute Gasteiger partial charge is 0.402 e. The molecule has 2 unspecified atom stereocenters. The maximum absolute atomic E-state index is 13.5. The van der Waals surface area contributed by atoms with Gasteiger partial charge in [-0.05, 0) is 47.5 Å². The molecule has 1 aromatic heterocycles. The van der Waals surface area contributed by atoms with Crippen molar-refractivity contribution in [3.8, 4) is 68.8 Å². The van der Waals surface area contributed by atoms with Gasteiger partial charge in [-0.3, -0.25) is 9.59 Å². The lowest BCUT2D eigenvalue weighted by atomic mass is 9.97. The predicted molar refractivity (Wildman–Crippen MR) is 332 cm³/mol. The summed E-state index contributed by atoms with van der Waals surface area (Å²) < 4.78 is 72.8. The van der Waals surface area contributed by atoms with Gasteiger partial charge in [0.05, 0.1) is 18.2 Å². The van der Waals surface area contributed by atoms with Gasteiger partial charge in [0.25, 0.3) is 0 Å². The predicted octanol–water partition coefficient (Wildman–Crippen LogP) is -5.32. The summed E-state index contributed by atoms with van der Waals surface area (Å²) in [5, 5.41) is 232. The van der Waals surface area contributed by atoms with E-state index in [1.54, 1.807) is 0 Å². The van der Waals surface area contributed by atoms with Crippen LogP contribution < -0.4 is 14.2 Å². The Morgan fingerprint density at radius 2 is 1.04 bits per heavy atom. The number of aromatic hydroxyl groups is 7. The van der Waals surface area contributed by atoms with Crippen molar-refractivity contribution >= 4 is 64.9 Å². The number of fused-ring (bicyclic) bond motifs is 1. The number of aliphatic hydroxyl groups is 12. The summed E-state index contributed by atoms with van der Waals surface area (Å²) in [6.45, 7) is -3.26. The highest BCUT2D eigenvalue weighted by Crippen LogP contribution is 2.47. The van der Waals surface area contributed by atoms with E-state index < -0.39 is 283 Å². The number of esters is 4. The van der Waals surface area contributed by atoms with E-state index in [4.69, 9.17) is 61.6 Å². The highest BCUT2D eigenvalue weighted by atomic mass is 16.8. The zero-order valence-electron chi connectivity index (χ0n) is 53.7. The summed E-state index contributed by atoms with van der Waals surface area (Å²) in [6.07, 6.45) is -48.0. The number of phenols is 7. The fraction of sp³-hybridized carbons (Fsp3) is 0.406. The average Bonchev–Trinajstić information content (AvgIpc) is 0.763. The topological polar surface area (TPSA) is 687 Å². The van der Waals surface area contributed by atoms with E-state index in [9.17, 15) is 141 Å². The first kappa shape index (κ1) is 79.5. The van der Waals surface area contributed by atoms with Crippen LogP contribution in [0.2, 0.25) is 0 Å². The van der Waals surface area contributed by atoms with E-state index in [0.717, 1.165) is 60.7 Å². The molecule has 42 nitrogen and oxygen atoms in total. The number of hydrogen-bond donors (Lipinski definition) is 22. The van der Waals surface area contributed by atoms with Crippen LogP contribution in [0.3, 0.4) is 0 Å². The van der Waals surface area contributed by atoms with E-state index >= 15 is 0 Å². The molecule has 4 saturated heterocycles. The van der Waals surface area contributed by atoms with Gasteiger partial charge in [0.15, 0.2) is 65.2 Å². The molecule has 0 amide bonds. The molecule has 106 heavy (non-hydrogen) atoms. The molecule has 5 aromatic rings. The van der Waals surface area contributed by atoms with Crippen LogP contribution in [0.1, 0.15) is 17.5 Å². The molecule has 4 aliphatic rings. The molecule has 4 aromatic carbocycles. The molecule has 0 aliphatic carbocycles. The molecule has 4 aliphatic heterocycles. The third-order valence-corrected chi connectivity index (χ3v) is 16.3. The number of aliphatic hydroxyl groups excluding tert-OH is 12. The molecule has 0 radical (unpaired) electrons. The van der Waals surface area contributed by atoms with Gasteiger partial charge in [-0.25, -0.2) is 28.4 Å². The first-order valence-electron chi connectivity index (χ1n) is 30.9. The van der Waals surface area contributed by atoms with Crippen LogP contribution in [0.4, 0.5) is 0 Å². The number of benzene rings is 4. The first-order chi connectivity index (χ1) is 50.0. The molecule has 22 atom stereocenters. The minimum Gasteiger partial charge on any atom is -0.507 e. The first-order valence-corrected chi connectivity index (χ1v) is 30.9. The largest absolute Gasteiger partial charge is 0.507 e. The Morgan fingerprint density at radius 1 is 0.491 bits per heavy atom. The lowest BCUT2D eigenvalue weighted by molar-refractivity contribution is -0.358.